The van der Waals surface area contributed by atoms with Crippen LogP contribution in [0.5, 0.6) is 0 Å². The number of esters is 1. The summed E-state index contributed by atoms with van der Waals surface area (Å²) in [7, 11) is 0. The molecule has 0 radical (unpaired) electrons. The molecule has 0 atom stereocenters. The third-order valence-electron chi connectivity index (χ3n) is 4.30. The van der Waals surface area contributed by atoms with Crippen LogP contribution in [0, 0.1) is 25.5 Å². The highest BCUT2D eigenvalue weighted by molar-refractivity contribution is 7.14. The minimum Gasteiger partial charge on any atom is -0.455 e. The highest BCUT2D eigenvalue weighted by atomic mass is 32.1. The second-order valence-corrected chi connectivity index (χ2v) is 7.28. The molecular weight excluding hydrogens is 398 g/mol. The highest BCUT2D eigenvalue weighted by Gasteiger charge is 2.20. The molecule has 0 aliphatic rings. The third kappa shape index (κ3) is 4.65. The van der Waals surface area contributed by atoms with Gasteiger partial charge < -0.3 is 4.74 Å². The Hall–Kier alpha value is -3.13. The van der Waals surface area contributed by atoms with Gasteiger partial charge in [0.1, 0.15) is 18.2 Å². The zero-order chi connectivity index (χ0) is 21.1. The molecule has 0 aliphatic heterocycles. The van der Waals surface area contributed by atoms with Crippen molar-refractivity contribution in [3.63, 3.8) is 0 Å². The maximum absolute atomic E-state index is 13.7. The van der Waals surface area contributed by atoms with E-state index in [-0.39, 0.29) is 18.1 Å². The summed E-state index contributed by atoms with van der Waals surface area (Å²) in [4.78, 5) is 30.0. The number of benzene rings is 2. The van der Waals surface area contributed by atoms with Crippen molar-refractivity contribution in [3.05, 3.63) is 75.8 Å². The number of hydrogen-bond donors (Lipinski definition) is 0. The Labute approximate surface area is 170 Å². The van der Waals surface area contributed by atoms with Gasteiger partial charge in [0.15, 0.2) is 5.13 Å². The lowest BCUT2D eigenvalue weighted by molar-refractivity contribution is -0.115. The summed E-state index contributed by atoms with van der Waals surface area (Å²) in [6.45, 7) is 5.17. The standard InChI is InChI=1S/C21H18F2N2O3S/c1-12-4-6-17(8-13(12)2)25(14(3)26)21-24-16(11-29-21)10-28-20(27)18-7-5-15(22)9-19(18)23/h4-9,11H,10H2,1-3H3. The molecule has 0 saturated carbocycles. The van der Waals surface area contributed by atoms with E-state index in [1.807, 2.05) is 32.0 Å². The zero-order valence-corrected chi connectivity index (χ0v) is 16.8. The predicted octanol–water partition coefficient (Wildman–Crippen LogP) is 5.08. The summed E-state index contributed by atoms with van der Waals surface area (Å²) in [5, 5.41) is 2.08. The fraction of sp³-hybridized carbons (Fsp3) is 0.190. The Morgan fingerprint density at radius 2 is 1.86 bits per heavy atom. The number of amides is 1. The molecule has 8 heteroatoms. The Balaban J connectivity index is 1.75. The van der Waals surface area contributed by atoms with Crippen molar-refractivity contribution in [2.75, 3.05) is 4.90 Å². The van der Waals surface area contributed by atoms with E-state index in [0.717, 1.165) is 23.3 Å². The lowest BCUT2D eigenvalue weighted by Gasteiger charge is -2.19. The molecule has 3 rings (SSSR count). The van der Waals surface area contributed by atoms with Crippen molar-refractivity contribution in [2.24, 2.45) is 0 Å². The van der Waals surface area contributed by atoms with Crippen molar-refractivity contribution in [1.29, 1.82) is 0 Å². The summed E-state index contributed by atoms with van der Waals surface area (Å²) < 4.78 is 31.7. The van der Waals surface area contributed by atoms with Gasteiger partial charge in [0, 0.05) is 18.4 Å². The second-order valence-electron chi connectivity index (χ2n) is 6.44. The number of carbonyl (C=O) groups is 2. The molecule has 1 amide bonds. The monoisotopic (exact) mass is 416 g/mol. The van der Waals surface area contributed by atoms with E-state index in [4.69, 9.17) is 4.74 Å². The Morgan fingerprint density at radius 3 is 2.52 bits per heavy atom. The van der Waals surface area contributed by atoms with Crippen LogP contribution >= 0.6 is 11.3 Å². The van der Waals surface area contributed by atoms with Crippen LogP contribution in [-0.4, -0.2) is 16.9 Å². The van der Waals surface area contributed by atoms with Crippen LogP contribution in [0.4, 0.5) is 19.6 Å². The van der Waals surface area contributed by atoms with E-state index in [1.54, 1.807) is 5.38 Å². The molecule has 0 fully saturated rings. The molecule has 5 nitrogen and oxygen atoms in total. The second kappa shape index (κ2) is 8.48. The van der Waals surface area contributed by atoms with Gasteiger partial charge in [-0.1, -0.05) is 6.07 Å². The lowest BCUT2D eigenvalue weighted by Crippen LogP contribution is -2.22. The SMILES string of the molecule is CC(=O)N(c1ccc(C)c(C)c1)c1nc(COC(=O)c2ccc(F)cc2F)cs1. The molecular formula is C21H18F2N2O3S. The van der Waals surface area contributed by atoms with Gasteiger partial charge in [0.25, 0.3) is 0 Å². The van der Waals surface area contributed by atoms with Crippen LogP contribution in [0.25, 0.3) is 0 Å². The molecule has 0 saturated heterocycles. The average Bonchev–Trinajstić information content (AvgIpc) is 3.11. The van der Waals surface area contributed by atoms with E-state index in [0.29, 0.717) is 22.6 Å². The molecule has 3 aromatic rings. The maximum atomic E-state index is 13.7. The first-order chi connectivity index (χ1) is 13.8. The van der Waals surface area contributed by atoms with Gasteiger partial charge in [0.2, 0.25) is 5.91 Å². The van der Waals surface area contributed by atoms with Gasteiger partial charge in [-0.3, -0.25) is 9.69 Å². The Morgan fingerprint density at radius 1 is 1.10 bits per heavy atom. The first-order valence-corrected chi connectivity index (χ1v) is 9.58. The molecule has 0 aliphatic carbocycles. The largest absolute Gasteiger partial charge is 0.455 e. The van der Waals surface area contributed by atoms with E-state index in [9.17, 15) is 18.4 Å². The minimum atomic E-state index is -0.994. The number of ether oxygens (including phenoxy) is 1. The number of rotatable bonds is 5. The predicted molar refractivity (Wildman–Crippen MR) is 106 cm³/mol. The summed E-state index contributed by atoms with van der Waals surface area (Å²) in [6.07, 6.45) is 0. The molecule has 0 unspecified atom stereocenters. The quantitative estimate of drug-likeness (QED) is 0.544. The summed E-state index contributed by atoms with van der Waals surface area (Å²) in [5.41, 5.74) is 2.89. The van der Waals surface area contributed by atoms with Crippen LogP contribution in [-0.2, 0) is 16.1 Å². The number of aromatic nitrogens is 1. The van der Waals surface area contributed by atoms with Crippen LogP contribution in [0.3, 0.4) is 0 Å². The van der Waals surface area contributed by atoms with Gasteiger partial charge in [-0.2, -0.15) is 0 Å². The minimum absolute atomic E-state index is 0.204. The van der Waals surface area contributed by atoms with E-state index in [1.165, 1.54) is 23.2 Å². The topological polar surface area (TPSA) is 59.5 Å². The van der Waals surface area contributed by atoms with Gasteiger partial charge in [-0.15, -0.1) is 11.3 Å². The first-order valence-electron chi connectivity index (χ1n) is 8.71. The highest BCUT2D eigenvalue weighted by Crippen LogP contribution is 2.30. The fourth-order valence-corrected chi connectivity index (χ4v) is 3.50. The molecule has 0 spiro atoms. The van der Waals surface area contributed by atoms with E-state index in [2.05, 4.69) is 4.98 Å². The molecule has 2 aromatic carbocycles. The van der Waals surface area contributed by atoms with Crippen LogP contribution < -0.4 is 4.90 Å². The zero-order valence-electron chi connectivity index (χ0n) is 16.0. The van der Waals surface area contributed by atoms with E-state index < -0.39 is 17.6 Å². The summed E-state index contributed by atoms with van der Waals surface area (Å²) >= 11 is 1.22. The molecule has 29 heavy (non-hydrogen) atoms. The Kier molecular flexibility index (Phi) is 6.03. The third-order valence-corrected chi connectivity index (χ3v) is 5.17. The van der Waals surface area contributed by atoms with Crippen LogP contribution in [0.15, 0.2) is 41.8 Å². The van der Waals surface area contributed by atoms with Gasteiger partial charge in [-0.25, -0.2) is 18.6 Å². The molecule has 1 heterocycles. The first kappa shape index (κ1) is 20.6. The number of anilines is 2. The molecule has 0 N–H and O–H groups in total. The van der Waals surface area contributed by atoms with Crippen molar-refractivity contribution in [1.82, 2.24) is 4.98 Å². The number of carbonyl (C=O) groups excluding carboxylic acids is 2. The fourth-order valence-electron chi connectivity index (χ4n) is 2.63. The number of thiazole rings is 1. The normalized spacial score (nSPS) is 10.7. The van der Waals surface area contributed by atoms with Crippen molar-refractivity contribution >= 4 is 34.0 Å². The lowest BCUT2D eigenvalue weighted by atomic mass is 10.1. The molecule has 0 bridgehead atoms. The number of halogens is 2. The van der Waals surface area contributed by atoms with Crippen LogP contribution in [0.2, 0.25) is 0 Å². The van der Waals surface area contributed by atoms with Crippen molar-refractivity contribution < 1.29 is 23.1 Å². The van der Waals surface area contributed by atoms with Gasteiger partial charge in [-0.05, 0) is 49.2 Å². The summed E-state index contributed by atoms with van der Waals surface area (Å²) in [6, 6.07) is 8.28. The van der Waals surface area contributed by atoms with Crippen LogP contribution in [0.1, 0.15) is 34.1 Å². The Bertz CT molecular complexity index is 1080. The maximum Gasteiger partial charge on any atom is 0.341 e. The van der Waals surface area contributed by atoms with Crippen molar-refractivity contribution in [2.45, 2.75) is 27.4 Å². The van der Waals surface area contributed by atoms with Gasteiger partial charge >= 0.3 is 5.97 Å². The van der Waals surface area contributed by atoms with Gasteiger partial charge in [0.05, 0.1) is 16.9 Å². The molecule has 150 valence electrons. The number of aryl methyl sites for hydroxylation is 2. The van der Waals surface area contributed by atoms with E-state index >= 15 is 0 Å². The smallest absolute Gasteiger partial charge is 0.341 e. The summed E-state index contributed by atoms with van der Waals surface area (Å²) in [5.74, 6) is -2.90. The number of hydrogen-bond acceptors (Lipinski definition) is 5. The van der Waals surface area contributed by atoms with Crippen molar-refractivity contribution in [3.8, 4) is 0 Å². The number of nitrogens with zero attached hydrogens (tertiary/aromatic N) is 2. The molecule has 1 aromatic heterocycles. The average molecular weight is 416 g/mol.